The van der Waals surface area contributed by atoms with E-state index in [-0.39, 0.29) is 10.7 Å². The topological polar surface area (TPSA) is 85.1 Å². The van der Waals surface area contributed by atoms with Crippen molar-refractivity contribution in [3.63, 3.8) is 0 Å². The normalized spacial score (nSPS) is 11.3. The smallest absolute Gasteiger partial charge is 0.263 e. The number of anilines is 2. The van der Waals surface area contributed by atoms with Gasteiger partial charge in [-0.1, -0.05) is 0 Å². The highest BCUT2D eigenvalue weighted by Crippen LogP contribution is 2.21. The quantitative estimate of drug-likeness (QED) is 0.829. The number of nitrogen functional groups attached to an aromatic ring is 1. The van der Waals surface area contributed by atoms with Crippen LogP contribution in [0.2, 0.25) is 0 Å². The molecule has 3 N–H and O–H groups in total. The Morgan fingerprint density at radius 1 is 1.20 bits per heavy atom. The summed E-state index contributed by atoms with van der Waals surface area (Å²) in [5, 5.41) is 0. The summed E-state index contributed by atoms with van der Waals surface area (Å²) in [7, 11) is -3.70. The number of nitrogens with two attached hydrogens (primary N) is 1. The maximum atomic E-state index is 12.3. The van der Waals surface area contributed by atoms with Gasteiger partial charge in [0.2, 0.25) is 0 Å². The summed E-state index contributed by atoms with van der Waals surface area (Å²) in [4.78, 5) is 4.15. The number of halogens is 1. The molecular weight excluding hydrogens is 342 g/mol. The number of aryl methyl sites for hydroxylation is 2. The Labute approximate surface area is 126 Å². The van der Waals surface area contributed by atoms with Gasteiger partial charge in [0, 0.05) is 16.4 Å². The number of aromatic nitrogens is 1. The SMILES string of the molecule is Cc1cc(N)cc(S(=O)(=O)Nc2cc(C)c(Br)cn2)c1. The zero-order chi connectivity index (χ0) is 14.9. The highest BCUT2D eigenvalue weighted by atomic mass is 79.9. The van der Waals surface area contributed by atoms with E-state index in [1.807, 2.05) is 6.92 Å². The lowest BCUT2D eigenvalue weighted by atomic mass is 10.2. The predicted octanol–water partition coefficient (Wildman–Crippen LogP) is 2.84. The zero-order valence-electron chi connectivity index (χ0n) is 11.0. The van der Waals surface area contributed by atoms with Crippen molar-refractivity contribution in [1.82, 2.24) is 4.98 Å². The van der Waals surface area contributed by atoms with Crippen molar-refractivity contribution in [2.75, 3.05) is 10.5 Å². The lowest BCUT2D eigenvalue weighted by Gasteiger charge is -2.10. The second-order valence-corrected chi connectivity index (χ2v) is 7.04. The molecule has 2 aromatic rings. The van der Waals surface area contributed by atoms with E-state index in [1.54, 1.807) is 31.3 Å². The van der Waals surface area contributed by atoms with Crippen LogP contribution in [0.4, 0.5) is 11.5 Å². The van der Waals surface area contributed by atoms with Gasteiger partial charge in [0.05, 0.1) is 4.90 Å². The lowest BCUT2D eigenvalue weighted by Crippen LogP contribution is -2.14. The average Bonchev–Trinajstić information content (AvgIpc) is 2.32. The van der Waals surface area contributed by atoms with E-state index < -0.39 is 10.0 Å². The van der Waals surface area contributed by atoms with Crippen molar-refractivity contribution < 1.29 is 8.42 Å². The molecule has 0 spiro atoms. The molecule has 106 valence electrons. The Balaban J connectivity index is 2.37. The number of pyridine rings is 1. The largest absolute Gasteiger partial charge is 0.399 e. The van der Waals surface area contributed by atoms with E-state index in [2.05, 4.69) is 25.6 Å². The van der Waals surface area contributed by atoms with Crippen molar-refractivity contribution in [2.45, 2.75) is 18.7 Å². The molecule has 0 atom stereocenters. The van der Waals surface area contributed by atoms with Crippen LogP contribution in [0.3, 0.4) is 0 Å². The first-order chi connectivity index (χ1) is 9.28. The fourth-order valence-corrected chi connectivity index (χ4v) is 3.08. The van der Waals surface area contributed by atoms with E-state index in [0.29, 0.717) is 5.69 Å². The maximum Gasteiger partial charge on any atom is 0.263 e. The standard InChI is InChI=1S/C13H14BrN3O2S/c1-8-3-10(15)6-11(4-8)20(18,19)17-13-5-9(2)12(14)7-16-13/h3-7H,15H2,1-2H3,(H,16,17). The second-order valence-electron chi connectivity index (χ2n) is 4.50. The summed E-state index contributed by atoms with van der Waals surface area (Å²) in [6, 6.07) is 6.34. The molecule has 0 unspecified atom stereocenters. The Morgan fingerprint density at radius 2 is 1.90 bits per heavy atom. The third kappa shape index (κ3) is 3.29. The Hall–Kier alpha value is -1.60. The molecule has 20 heavy (non-hydrogen) atoms. The molecule has 0 radical (unpaired) electrons. The number of nitrogens with one attached hydrogen (secondary N) is 1. The van der Waals surface area contributed by atoms with Crippen LogP contribution in [0.1, 0.15) is 11.1 Å². The van der Waals surface area contributed by atoms with Crippen molar-refractivity contribution >= 4 is 37.5 Å². The van der Waals surface area contributed by atoms with Gasteiger partial charge in [-0.3, -0.25) is 4.72 Å². The minimum absolute atomic E-state index is 0.123. The van der Waals surface area contributed by atoms with Gasteiger partial charge in [-0.05, 0) is 65.2 Å². The van der Waals surface area contributed by atoms with Crippen molar-refractivity contribution in [3.8, 4) is 0 Å². The van der Waals surface area contributed by atoms with Gasteiger partial charge in [-0.15, -0.1) is 0 Å². The minimum atomic E-state index is -3.70. The number of rotatable bonds is 3. The number of nitrogens with zero attached hydrogens (tertiary/aromatic N) is 1. The molecule has 1 aromatic carbocycles. The first-order valence-corrected chi connectivity index (χ1v) is 8.08. The molecule has 2 rings (SSSR count). The average molecular weight is 356 g/mol. The summed E-state index contributed by atoms with van der Waals surface area (Å²) in [6.07, 6.45) is 1.55. The van der Waals surface area contributed by atoms with Gasteiger partial charge >= 0.3 is 0 Å². The molecule has 5 nitrogen and oxygen atoms in total. The summed E-state index contributed by atoms with van der Waals surface area (Å²) >= 11 is 3.32. The van der Waals surface area contributed by atoms with E-state index in [0.717, 1.165) is 15.6 Å². The molecule has 0 saturated heterocycles. The second kappa shape index (κ2) is 5.41. The van der Waals surface area contributed by atoms with E-state index in [1.165, 1.54) is 6.07 Å². The summed E-state index contributed by atoms with van der Waals surface area (Å²) in [5.74, 6) is 0.269. The van der Waals surface area contributed by atoms with Crippen LogP contribution >= 0.6 is 15.9 Å². The third-order valence-electron chi connectivity index (χ3n) is 2.67. The number of sulfonamides is 1. The Morgan fingerprint density at radius 3 is 2.50 bits per heavy atom. The van der Waals surface area contributed by atoms with Crippen molar-refractivity contribution in [3.05, 3.63) is 46.1 Å². The van der Waals surface area contributed by atoms with Crippen LogP contribution in [0.15, 0.2) is 39.8 Å². The van der Waals surface area contributed by atoms with Gasteiger partial charge < -0.3 is 5.73 Å². The fraction of sp³-hybridized carbons (Fsp3) is 0.154. The maximum absolute atomic E-state index is 12.3. The van der Waals surface area contributed by atoms with Crippen LogP contribution < -0.4 is 10.5 Å². The van der Waals surface area contributed by atoms with Gasteiger partial charge in [-0.25, -0.2) is 13.4 Å². The summed E-state index contributed by atoms with van der Waals surface area (Å²) in [5.41, 5.74) is 7.76. The van der Waals surface area contributed by atoms with Gasteiger partial charge in [0.1, 0.15) is 5.82 Å². The number of benzene rings is 1. The Bertz CT molecular complexity index is 740. The minimum Gasteiger partial charge on any atom is -0.399 e. The van der Waals surface area contributed by atoms with Crippen LogP contribution in [0.25, 0.3) is 0 Å². The summed E-state index contributed by atoms with van der Waals surface area (Å²) in [6.45, 7) is 3.64. The monoisotopic (exact) mass is 355 g/mol. The molecule has 0 aliphatic heterocycles. The van der Waals surface area contributed by atoms with Gasteiger partial charge in [0.25, 0.3) is 10.0 Å². The molecule has 1 heterocycles. The van der Waals surface area contributed by atoms with Crippen LogP contribution in [-0.4, -0.2) is 13.4 Å². The third-order valence-corrected chi connectivity index (χ3v) is 4.83. The number of hydrogen-bond donors (Lipinski definition) is 2. The molecule has 0 aliphatic carbocycles. The molecular formula is C13H14BrN3O2S. The van der Waals surface area contributed by atoms with Gasteiger partial charge in [-0.2, -0.15) is 0 Å². The summed E-state index contributed by atoms with van der Waals surface area (Å²) < 4.78 is 27.8. The molecule has 0 bridgehead atoms. The van der Waals surface area contributed by atoms with E-state index in [9.17, 15) is 8.42 Å². The molecule has 7 heteroatoms. The molecule has 0 saturated carbocycles. The number of hydrogen-bond acceptors (Lipinski definition) is 4. The van der Waals surface area contributed by atoms with Crippen LogP contribution in [0, 0.1) is 13.8 Å². The highest BCUT2D eigenvalue weighted by Gasteiger charge is 2.16. The van der Waals surface area contributed by atoms with E-state index >= 15 is 0 Å². The molecule has 0 amide bonds. The predicted molar refractivity (Wildman–Crippen MR) is 83.1 cm³/mol. The molecule has 0 fully saturated rings. The molecule has 0 aliphatic rings. The lowest BCUT2D eigenvalue weighted by molar-refractivity contribution is 0.601. The van der Waals surface area contributed by atoms with E-state index in [4.69, 9.17) is 5.73 Å². The van der Waals surface area contributed by atoms with Crippen molar-refractivity contribution in [2.24, 2.45) is 0 Å². The van der Waals surface area contributed by atoms with Crippen LogP contribution in [0.5, 0.6) is 0 Å². The Kier molecular flexibility index (Phi) is 4.01. The highest BCUT2D eigenvalue weighted by molar-refractivity contribution is 9.10. The zero-order valence-corrected chi connectivity index (χ0v) is 13.4. The first-order valence-electron chi connectivity index (χ1n) is 5.80. The molecule has 1 aromatic heterocycles. The fourth-order valence-electron chi connectivity index (χ4n) is 1.72. The van der Waals surface area contributed by atoms with Gasteiger partial charge in [0.15, 0.2) is 0 Å². The van der Waals surface area contributed by atoms with Crippen LogP contribution in [-0.2, 0) is 10.0 Å². The van der Waals surface area contributed by atoms with Crippen molar-refractivity contribution in [1.29, 1.82) is 0 Å². The first kappa shape index (κ1) is 14.8.